The molecule has 1 aromatic carbocycles. The van der Waals surface area contributed by atoms with Crippen molar-refractivity contribution in [3.8, 4) is 0 Å². The van der Waals surface area contributed by atoms with Crippen molar-refractivity contribution in [2.75, 3.05) is 11.9 Å². The van der Waals surface area contributed by atoms with Crippen molar-refractivity contribution >= 4 is 23.5 Å². The minimum absolute atomic E-state index is 0.0707. The van der Waals surface area contributed by atoms with Crippen LogP contribution in [0.1, 0.15) is 38.3 Å². The Labute approximate surface area is 169 Å². The fourth-order valence-electron chi connectivity index (χ4n) is 3.53. The zero-order chi connectivity index (χ0) is 23.1. The first kappa shape index (κ1) is 23.6. The molecule has 11 heteroatoms. The van der Waals surface area contributed by atoms with Crippen LogP contribution in [-0.2, 0) is 26.2 Å². The number of anilines is 1. The number of hydrogen-bond donors (Lipinski definition) is 4. The van der Waals surface area contributed by atoms with Crippen molar-refractivity contribution in [2.45, 2.75) is 51.2 Å². The summed E-state index contributed by atoms with van der Waals surface area (Å²) in [6.45, 7) is 6.29. The second-order valence-corrected chi connectivity index (χ2v) is 8.54. The summed E-state index contributed by atoms with van der Waals surface area (Å²) in [7, 11) is 0. The van der Waals surface area contributed by atoms with E-state index in [1.807, 2.05) is 20.8 Å². The molecule has 166 valence electrons. The number of carbonyl (C=O) groups excluding carboxylic acids is 1. The molecule has 0 radical (unpaired) electrons. The van der Waals surface area contributed by atoms with Crippen LogP contribution in [0, 0.1) is 11.2 Å². The van der Waals surface area contributed by atoms with Gasteiger partial charge in [-0.2, -0.15) is 13.2 Å². The number of fused-ring (bicyclic) bond motifs is 2. The minimum atomic E-state index is -5.08. The first-order valence-corrected chi connectivity index (χ1v) is 8.97. The van der Waals surface area contributed by atoms with E-state index in [1.165, 1.54) is 6.07 Å². The highest BCUT2D eigenvalue weighted by Gasteiger charge is 2.53. The number of halogens is 4. The third-order valence-corrected chi connectivity index (χ3v) is 4.85. The smallest absolute Gasteiger partial charge is 0.480 e. The molecule has 0 bridgehead atoms. The largest absolute Gasteiger partial charge is 0.490 e. The van der Waals surface area contributed by atoms with Gasteiger partial charge >= 0.3 is 18.1 Å². The quantitative estimate of drug-likeness (QED) is 0.532. The van der Waals surface area contributed by atoms with Gasteiger partial charge in [-0.3, -0.25) is 9.59 Å². The number of carboxylic acids is 2. The van der Waals surface area contributed by atoms with Crippen molar-refractivity contribution < 1.29 is 42.2 Å². The lowest BCUT2D eigenvalue weighted by molar-refractivity contribution is -0.192. The van der Waals surface area contributed by atoms with Gasteiger partial charge in [-0.1, -0.05) is 20.8 Å². The lowest BCUT2D eigenvalue weighted by Crippen LogP contribution is -2.36. The van der Waals surface area contributed by atoms with Crippen molar-refractivity contribution in [3.63, 3.8) is 0 Å². The topological polar surface area (TPSA) is 116 Å². The highest BCUT2D eigenvalue weighted by Crippen LogP contribution is 2.45. The van der Waals surface area contributed by atoms with Gasteiger partial charge in [-0.15, -0.1) is 0 Å². The predicted octanol–water partition coefficient (Wildman–Crippen LogP) is 2.68. The molecule has 2 unspecified atom stereocenters. The van der Waals surface area contributed by atoms with Gasteiger partial charge in [0, 0.05) is 12.2 Å². The second kappa shape index (κ2) is 7.86. The molecule has 1 amide bonds. The van der Waals surface area contributed by atoms with Crippen LogP contribution in [0.5, 0.6) is 0 Å². The van der Waals surface area contributed by atoms with Crippen LogP contribution in [0.2, 0.25) is 0 Å². The molecule has 30 heavy (non-hydrogen) atoms. The number of nitrogens with one attached hydrogen (secondary N) is 2. The molecular weight excluding hydrogens is 412 g/mol. The summed E-state index contributed by atoms with van der Waals surface area (Å²) in [6, 6.07) is 2.31. The minimum Gasteiger partial charge on any atom is -0.480 e. The summed E-state index contributed by atoms with van der Waals surface area (Å²) in [5.74, 6) is -4.34. The average molecular weight is 434 g/mol. The summed E-state index contributed by atoms with van der Waals surface area (Å²) >= 11 is 0. The fourth-order valence-corrected chi connectivity index (χ4v) is 3.53. The highest BCUT2D eigenvalue weighted by molar-refractivity contribution is 6.07. The summed E-state index contributed by atoms with van der Waals surface area (Å²) in [4.78, 5) is 32.5. The molecule has 1 saturated heterocycles. The number of benzene rings is 1. The Balaban J connectivity index is 0.000000396. The van der Waals surface area contributed by atoms with Gasteiger partial charge in [0.2, 0.25) is 5.91 Å². The van der Waals surface area contributed by atoms with Crippen LogP contribution in [0.15, 0.2) is 12.1 Å². The normalized spacial score (nSPS) is 22.9. The molecule has 3 rings (SSSR count). The van der Waals surface area contributed by atoms with E-state index < -0.39 is 29.6 Å². The molecule has 2 aliphatic heterocycles. The van der Waals surface area contributed by atoms with E-state index in [0.717, 1.165) is 0 Å². The summed E-state index contributed by atoms with van der Waals surface area (Å²) < 4.78 is 46.3. The zero-order valence-corrected chi connectivity index (χ0v) is 16.5. The molecule has 4 N–H and O–H groups in total. The van der Waals surface area contributed by atoms with Gasteiger partial charge < -0.3 is 20.8 Å². The lowest BCUT2D eigenvalue weighted by atomic mass is 9.78. The first-order valence-electron chi connectivity index (χ1n) is 8.97. The monoisotopic (exact) mass is 434 g/mol. The molecule has 2 aliphatic rings. The van der Waals surface area contributed by atoms with Crippen molar-refractivity contribution in [2.24, 2.45) is 5.41 Å². The number of aliphatic carboxylic acids is 2. The Morgan fingerprint density at radius 3 is 2.20 bits per heavy atom. The summed E-state index contributed by atoms with van der Waals surface area (Å²) in [5.41, 5.74) is 0.671. The third-order valence-electron chi connectivity index (χ3n) is 4.85. The third kappa shape index (κ3) is 4.89. The van der Waals surface area contributed by atoms with Crippen LogP contribution in [0.3, 0.4) is 0 Å². The maximum absolute atomic E-state index is 14.5. The molecule has 1 aromatic rings. The van der Waals surface area contributed by atoms with Crippen LogP contribution >= 0.6 is 0 Å². The molecule has 1 fully saturated rings. The SMILES string of the molecule is CC(C)(C)Cc1cc2c(cc1F)C1(CNC(C(=O)O)C1)C(=O)N2.O=C(O)C(F)(F)F. The van der Waals surface area contributed by atoms with E-state index in [9.17, 15) is 27.2 Å². The Hall–Kier alpha value is -2.69. The molecule has 0 aromatic heterocycles. The van der Waals surface area contributed by atoms with E-state index in [4.69, 9.17) is 15.0 Å². The van der Waals surface area contributed by atoms with Crippen LogP contribution in [0.4, 0.5) is 23.2 Å². The molecule has 0 aliphatic carbocycles. The number of hydrogen-bond acceptors (Lipinski definition) is 4. The second-order valence-electron chi connectivity index (χ2n) is 8.54. The summed E-state index contributed by atoms with van der Waals surface area (Å²) in [6.07, 6.45) is -4.38. The maximum Gasteiger partial charge on any atom is 0.490 e. The van der Waals surface area contributed by atoms with E-state index >= 15 is 0 Å². The number of alkyl halides is 3. The van der Waals surface area contributed by atoms with Crippen LogP contribution in [0.25, 0.3) is 0 Å². The standard InChI is InChI=1S/C17H21FN2O3.C2HF3O2/c1-16(2,3)6-9-4-12-10(5-11(9)18)17(15(23)20-12)7-13(14(21)22)19-8-17;3-2(4,5)1(6)7/h4-5,13,19H,6-8H2,1-3H3,(H,20,23)(H,21,22);(H,6,7). The fraction of sp³-hybridized carbons (Fsp3) is 0.526. The van der Waals surface area contributed by atoms with Crippen LogP contribution < -0.4 is 10.6 Å². The lowest BCUT2D eigenvalue weighted by Gasteiger charge is -2.22. The number of carbonyl (C=O) groups is 3. The molecule has 2 heterocycles. The van der Waals surface area contributed by atoms with Gasteiger partial charge in [-0.05, 0) is 41.5 Å². The van der Waals surface area contributed by atoms with Crippen molar-refractivity contribution in [1.82, 2.24) is 5.32 Å². The van der Waals surface area contributed by atoms with Crippen molar-refractivity contribution in [1.29, 1.82) is 0 Å². The zero-order valence-electron chi connectivity index (χ0n) is 16.5. The highest BCUT2D eigenvalue weighted by atomic mass is 19.4. The number of amides is 1. The number of carboxylic acid groups (broad SMARTS) is 2. The summed E-state index contributed by atoms with van der Waals surface area (Å²) in [5, 5.41) is 21.9. The first-order chi connectivity index (χ1) is 13.6. The van der Waals surface area contributed by atoms with E-state index in [2.05, 4.69) is 10.6 Å². The maximum atomic E-state index is 14.5. The van der Waals surface area contributed by atoms with Crippen LogP contribution in [-0.4, -0.2) is 46.8 Å². The molecule has 0 saturated carbocycles. The molecular formula is C19H22F4N2O5. The Morgan fingerprint density at radius 1 is 1.20 bits per heavy atom. The number of rotatable bonds is 2. The average Bonchev–Trinajstić information content (AvgIpc) is 3.12. The Morgan fingerprint density at radius 2 is 1.77 bits per heavy atom. The van der Waals surface area contributed by atoms with Gasteiger partial charge in [0.05, 0.1) is 5.41 Å². The predicted molar refractivity (Wildman–Crippen MR) is 97.6 cm³/mol. The Bertz CT molecular complexity index is 879. The Kier molecular flexibility index (Phi) is 6.18. The van der Waals surface area contributed by atoms with E-state index in [-0.39, 0.29) is 30.1 Å². The van der Waals surface area contributed by atoms with E-state index in [0.29, 0.717) is 23.2 Å². The van der Waals surface area contributed by atoms with Gasteiger partial charge in [0.15, 0.2) is 0 Å². The van der Waals surface area contributed by atoms with Gasteiger partial charge in [-0.25, -0.2) is 9.18 Å². The van der Waals surface area contributed by atoms with E-state index in [1.54, 1.807) is 6.07 Å². The van der Waals surface area contributed by atoms with Gasteiger partial charge in [0.25, 0.3) is 0 Å². The van der Waals surface area contributed by atoms with Crippen molar-refractivity contribution in [3.05, 3.63) is 29.1 Å². The molecule has 2 atom stereocenters. The van der Waals surface area contributed by atoms with Gasteiger partial charge in [0.1, 0.15) is 11.9 Å². The molecule has 1 spiro atoms. The molecule has 7 nitrogen and oxygen atoms in total.